The molecule has 1 aliphatic rings. The Hall–Kier alpha value is -1.13. The Morgan fingerprint density at radius 3 is 2.82 bits per heavy atom. The second-order valence-electron chi connectivity index (χ2n) is 7.60. The summed E-state index contributed by atoms with van der Waals surface area (Å²) in [6, 6.07) is 6.03. The topological polar surface area (TPSA) is 65.0 Å². The molecular formula is C20H37IN6O. The highest BCUT2D eigenvalue weighted by Crippen LogP contribution is 2.09. The average molecular weight is 504 g/mol. The number of nitrogens with one attached hydrogen (secondary N) is 2. The number of nitrogens with zero attached hydrogens (tertiary/aromatic N) is 4. The largest absolute Gasteiger partial charge is 0.374 e. The van der Waals surface area contributed by atoms with Crippen molar-refractivity contribution in [3.05, 3.63) is 23.9 Å². The zero-order valence-corrected chi connectivity index (χ0v) is 20.3. The van der Waals surface area contributed by atoms with Crippen LogP contribution in [0.25, 0.3) is 0 Å². The minimum Gasteiger partial charge on any atom is -0.374 e. The van der Waals surface area contributed by atoms with Crippen LogP contribution in [0.5, 0.6) is 0 Å². The van der Waals surface area contributed by atoms with Crippen LogP contribution in [0.4, 0.5) is 5.82 Å². The first-order valence-corrected chi connectivity index (χ1v) is 9.97. The Balaban J connectivity index is 0.00000392. The molecule has 2 heterocycles. The summed E-state index contributed by atoms with van der Waals surface area (Å²) in [5.74, 6) is 2.43. The third-order valence-corrected chi connectivity index (χ3v) is 4.34. The maximum absolute atomic E-state index is 5.92. The van der Waals surface area contributed by atoms with E-state index in [0.717, 1.165) is 56.8 Å². The van der Waals surface area contributed by atoms with Crippen molar-refractivity contribution in [1.29, 1.82) is 0 Å². The lowest BCUT2D eigenvalue weighted by Crippen LogP contribution is -2.50. The third-order valence-electron chi connectivity index (χ3n) is 4.34. The average Bonchev–Trinajstić information content (AvgIpc) is 2.64. The fourth-order valence-electron chi connectivity index (χ4n) is 3.10. The van der Waals surface area contributed by atoms with Crippen LogP contribution < -0.4 is 15.5 Å². The summed E-state index contributed by atoms with van der Waals surface area (Å²) >= 11 is 0. The van der Waals surface area contributed by atoms with E-state index in [4.69, 9.17) is 4.74 Å². The van der Waals surface area contributed by atoms with E-state index in [0.29, 0.717) is 12.5 Å². The Kier molecular flexibility index (Phi) is 11.7. The van der Waals surface area contributed by atoms with Gasteiger partial charge in [-0.25, -0.2) is 9.98 Å². The van der Waals surface area contributed by atoms with Gasteiger partial charge in [0.25, 0.3) is 0 Å². The number of rotatable bonds is 8. The van der Waals surface area contributed by atoms with Crippen molar-refractivity contribution in [3.8, 4) is 0 Å². The first-order chi connectivity index (χ1) is 13.0. The van der Waals surface area contributed by atoms with E-state index < -0.39 is 0 Å². The van der Waals surface area contributed by atoms with E-state index in [2.05, 4.69) is 46.3 Å². The van der Waals surface area contributed by atoms with Crippen molar-refractivity contribution in [3.63, 3.8) is 0 Å². The van der Waals surface area contributed by atoms with Crippen LogP contribution in [-0.4, -0.2) is 75.4 Å². The summed E-state index contributed by atoms with van der Waals surface area (Å²) in [5.41, 5.74) is 0.954. The normalized spacial score (nSPS) is 17.9. The standard InChI is InChI=1S/C20H36N6O.HI/c1-6-21-20(22-12-17-8-7-9-19(24-17)25(4)5)23-13-18-15-26(10-11-27-18)14-16(2)3;/h7-9,16,18H,6,10-15H2,1-5H3,(H2,21,22,23);1H. The van der Waals surface area contributed by atoms with E-state index in [1.807, 2.05) is 37.2 Å². The molecule has 0 aromatic carbocycles. The van der Waals surface area contributed by atoms with E-state index in [-0.39, 0.29) is 30.1 Å². The van der Waals surface area contributed by atoms with Gasteiger partial charge in [0, 0.05) is 46.8 Å². The highest BCUT2D eigenvalue weighted by Gasteiger charge is 2.21. The maximum atomic E-state index is 5.92. The van der Waals surface area contributed by atoms with Crippen molar-refractivity contribution >= 4 is 35.8 Å². The van der Waals surface area contributed by atoms with E-state index in [9.17, 15) is 0 Å². The molecule has 0 saturated carbocycles. The van der Waals surface area contributed by atoms with Crippen LogP contribution in [0.2, 0.25) is 0 Å². The summed E-state index contributed by atoms with van der Waals surface area (Å²) in [6.45, 7) is 12.6. The molecule has 1 aromatic rings. The molecule has 0 aliphatic carbocycles. The van der Waals surface area contributed by atoms with Gasteiger partial charge in [-0.15, -0.1) is 24.0 Å². The summed E-state index contributed by atoms with van der Waals surface area (Å²) in [4.78, 5) is 13.8. The van der Waals surface area contributed by atoms with E-state index >= 15 is 0 Å². The summed E-state index contributed by atoms with van der Waals surface area (Å²) < 4.78 is 5.92. The molecule has 1 atom stereocenters. The van der Waals surface area contributed by atoms with Gasteiger partial charge in [0.1, 0.15) is 5.82 Å². The molecular weight excluding hydrogens is 467 g/mol. The number of hydrogen-bond acceptors (Lipinski definition) is 5. The third kappa shape index (κ3) is 8.91. The van der Waals surface area contributed by atoms with Gasteiger partial charge in [-0.2, -0.15) is 0 Å². The summed E-state index contributed by atoms with van der Waals surface area (Å²) in [5, 5.41) is 6.73. The SMILES string of the molecule is CCNC(=NCc1cccc(N(C)C)n1)NCC1CN(CC(C)C)CCO1.I. The number of hydrogen-bond donors (Lipinski definition) is 2. The number of pyridine rings is 1. The minimum atomic E-state index is 0. The molecule has 0 spiro atoms. The molecule has 28 heavy (non-hydrogen) atoms. The molecule has 8 heteroatoms. The van der Waals surface area contributed by atoms with Gasteiger partial charge in [-0.3, -0.25) is 4.90 Å². The molecule has 1 aromatic heterocycles. The summed E-state index contributed by atoms with van der Waals surface area (Å²) in [7, 11) is 3.99. The Bertz CT molecular complexity index is 596. The molecule has 1 aliphatic heterocycles. The van der Waals surface area contributed by atoms with Crippen molar-refractivity contribution in [2.45, 2.75) is 33.4 Å². The predicted octanol–water partition coefficient (Wildman–Crippen LogP) is 2.18. The van der Waals surface area contributed by atoms with Crippen LogP contribution in [0.3, 0.4) is 0 Å². The number of morpholine rings is 1. The molecule has 160 valence electrons. The van der Waals surface area contributed by atoms with Gasteiger partial charge in [0.15, 0.2) is 5.96 Å². The molecule has 1 saturated heterocycles. The molecule has 1 fully saturated rings. The van der Waals surface area contributed by atoms with Gasteiger partial charge in [-0.1, -0.05) is 19.9 Å². The van der Waals surface area contributed by atoms with Gasteiger partial charge >= 0.3 is 0 Å². The van der Waals surface area contributed by atoms with Crippen LogP contribution >= 0.6 is 24.0 Å². The first-order valence-electron chi connectivity index (χ1n) is 9.97. The monoisotopic (exact) mass is 504 g/mol. The molecule has 0 radical (unpaired) electrons. The fourth-order valence-corrected chi connectivity index (χ4v) is 3.10. The van der Waals surface area contributed by atoms with Crippen molar-refractivity contribution in [2.75, 3.05) is 58.3 Å². The van der Waals surface area contributed by atoms with Crippen LogP contribution in [-0.2, 0) is 11.3 Å². The highest BCUT2D eigenvalue weighted by molar-refractivity contribution is 14.0. The maximum Gasteiger partial charge on any atom is 0.191 e. The number of halogens is 1. The van der Waals surface area contributed by atoms with Crippen LogP contribution in [0.15, 0.2) is 23.2 Å². The van der Waals surface area contributed by atoms with Crippen LogP contribution in [0, 0.1) is 5.92 Å². The first kappa shape index (κ1) is 24.9. The molecule has 7 nitrogen and oxygen atoms in total. The minimum absolute atomic E-state index is 0. The number of anilines is 1. The van der Waals surface area contributed by atoms with E-state index in [1.54, 1.807) is 0 Å². The second kappa shape index (κ2) is 13.2. The number of guanidine groups is 1. The fraction of sp³-hybridized carbons (Fsp3) is 0.700. The van der Waals surface area contributed by atoms with Gasteiger partial charge in [-0.05, 0) is 25.0 Å². The lowest BCUT2D eigenvalue weighted by molar-refractivity contribution is -0.0284. The van der Waals surface area contributed by atoms with E-state index in [1.165, 1.54) is 0 Å². The predicted molar refractivity (Wildman–Crippen MR) is 128 cm³/mol. The Morgan fingerprint density at radius 2 is 2.14 bits per heavy atom. The molecule has 0 bridgehead atoms. The molecule has 2 N–H and O–H groups in total. The Labute approximate surface area is 187 Å². The smallest absolute Gasteiger partial charge is 0.191 e. The van der Waals surface area contributed by atoms with Gasteiger partial charge in [0.05, 0.1) is 24.9 Å². The van der Waals surface area contributed by atoms with Gasteiger partial charge < -0.3 is 20.3 Å². The van der Waals surface area contributed by atoms with Gasteiger partial charge in [0.2, 0.25) is 0 Å². The number of aliphatic imine (C=N–C) groups is 1. The molecule has 2 rings (SSSR count). The Morgan fingerprint density at radius 1 is 1.36 bits per heavy atom. The lowest BCUT2D eigenvalue weighted by Gasteiger charge is -2.34. The van der Waals surface area contributed by atoms with Crippen molar-refractivity contribution in [1.82, 2.24) is 20.5 Å². The van der Waals surface area contributed by atoms with Crippen LogP contribution in [0.1, 0.15) is 26.5 Å². The zero-order valence-electron chi connectivity index (χ0n) is 17.9. The van der Waals surface area contributed by atoms with Crippen molar-refractivity contribution in [2.24, 2.45) is 10.9 Å². The quantitative estimate of drug-likeness (QED) is 0.322. The molecule has 1 unspecified atom stereocenters. The highest BCUT2D eigenvalue weighted by atomic mass is 127. The number of ether oxygens (including phenoxy) is 1. The lowest BCUT2D eigenvalue weighted by atomic mass is 10.2. The van der Waals surface area contributed by atoms with Crippen molar-refractivity contribution < 1.29 is 4.74 Å². The zero-order chi connectivity index (χ0) is 19.6. The molecule has 0 amide bonds. The second-order valence-corrected chi connectivity index (χ2v) is 7.60. The number of aromatic nitrogens is 1. The summed E-state index contributed by atoms with van der Waals surface area (Å²) in [6.07, 6.45) is 0.191.